The topological polar surface area (TPSA) is 33.4 Å². The summed E-state index contributed by atoms with van der Waals surface area (Å²) in [5.74, 6) is 2.91. The van der Waals surface area contributed by atoms with Gasteiger partial charge in [-0.15, -0.1) is 6.42 Å². The van der Waals surface area contributed by atoms with E-state index in [2.05, 4.69) is 5.92 Å². The Kier molecular flexibility index (Phi) is 2.33. The zero-order valence-corrected chi connectivity index (χ0v) is 10.9. The summed E-state index contributed by atoms with van der Waals surface area (Å²) >= 11 is 0. The smallest absolute Gasteiger partial charge is 0.136 e. The van der Waals surface area contributed by atoms with E-state index < -0.39 is 5.41 Å². The summed E-state index contributed by atoms with van der Waals surface area (Å²) in [4.78, 5) is 0. The standard InChI is InChI=1S/C17H14O2/c1-4-17(2,3)13-10-16-12(9-14(13)18)11-7-5-6-8-15(11)19-16/h1,5-10,18H,2-3H3. The zero-order valence-electron chi connectivity index (χ0n) is 10.9. The number of benzene rings is 2. The first-order valence-corrected chi connectivity index (χ1v) is 6.15. The fourth-order valence-corrected chi connectivity index (χ4v) is 2.34. The van der Waals surface area contributed by atoms with Gasteiger partial charge in [-0.1, -0.05) is 24.1 Å². The maximum absolute atomic E-state index is 10.2. The van der Waals surface area contributed by atoms with Crippen molar-refractivity contribution in [2.75, 3.05) is 0 Å². The summed E-state index contributed by atoms with van der Waals surface area (Å²) in [6.45, 7) is 3.80. The Labute approximate surface area is 111 Å². The van der Waals surface area contributed by atoms with E-state index >= 15 is 0 Å². The van der Waals surface area contributed by atoms with Crippen LogP contribution in [-0.4, -0.2) is 5.11 Å². The molecular formula is C17H14O2. The first kappa shape index (κ1) is 11.7. The van der Waals surface area contributed by atoms with Crippen molar-refractivity contribution in [3.63, 3.8) is 0 Å². The monoisotopic (exact) mass is 250 g/mol. The van der Waals surface area contributed by atoms with Crippen LogP contribution in [0, 0.1) is 12.3 Å². The quantitative estimate of drug-likeness (QED) is 0.656. The summed E-state index contributed by atoms with van der Waals surface area (Å²) in [7, 11) is 0. The summed E-state index contributed by atoms with van der Waals surface area (Å²) in [5, 5.41) is 12.1. The Morgan fingerprint density at radius 3 is 2.58 bits per heavy atom. The molecular weight excluding hydrogens is 236 g/mol. The number of furan rings is 1. The number of terminal acetylenes is 1. The highest BCUT2D eigenvalue weighted by molar-refractivity contribution is 6.05. The fourth-order valence-electron chi connectivity index (χ4n) is 2.34. The molecule has 1 heterocycles. The van der Waals surface area contributed by atoms with E-state index in [0.717, 1.165) is 21.9 Å². The minimum Gasteiger partial charge on any atom is -0.508 e. The van der Waals surface area contributed by atoms with Crippen molar-refractivity contribution in [3.8, 4) is 18.1 Å². The number of phenols is 1. The minimum atomic E-state index is -0.531. The Bertz CT molecular complexity index is 816. The van der Waals surface area contributed by atoms with Crippen molar-refractivity contribution in [1.82, 2.24) is 0 Å². The van der Waals surface area contributed by atoms with E-state index in [4.69, 9.17) is 10.8 Å². The van der Waals surface area contributed by atoms with Crippen LogP contribution in [0.2, 0.25) is 0 Å². The lowest BCUT2D eigenvalue weighted by molar-refractivity contribution is 0.458. The fraction of sp³-hybridized carbons (Fsp3) is 0.176. The van der Waals surface area contributed by atoms with E-state index in [9.17, 15) is 5.11 Å². The van der Waals surface area contributed by atoms with Crippen LogP contribution in [-0.2, 0) is 5.41 Å². The molecule has 0 amide bonds. The molecule has 0 aliphatic carbocycles. The molecule has 2 heteroatoms. The first-order chi connectivity index (χ1) is 9.03. The molecule has 0 spiro atoms. The molecule has 0 saturated carbocycles. The molecule has 0 atom stereocenters. The predicted molar refractivity (Wildman–Crippen MR) is 77.2 cm³/mol. The Balaban J connectivity index is 2.39. The molecule has 2 aromatic carbocycles. The van der Waals surface area contributed by atoms with Crippen molar-refractivity contribution in [2.24, 2.45) is 0 Å². The summed E-state index contributed by atoms with van der Waals surface area (Å²) in [6, 6.07) is 11.3. The summed E-state index contributed by atoms with van der Waals surface area (Å²) < 4.78 is 5.81. The summed E-state index contributed by atoms with van der Waals surface area (Å²) in [5.41, 5.74) is 1.74. The molecule has 0 unspecified atom stereocenters. The lowest BCUT2D eigenvalue weighted by atomic mass is 9.84. The minimum absolute atomic E-state index is 0.210. The third kappa shape index (κ3) is 1.67. The molecule has 0 fully saturated rings. The molecule has 3 rings (SSSR count). The highest BCUT2D eigenvalue weighted by atomic mass is 16.3. The second kappa shape index (κ2) is 3.80. The maximum Gasteiger partial charge on any atom is 0.136 e. The van der Waals surface area contributed by atoms with E-state index in [-0.39, 0.29) is 5.75 Å². The molecule has 0 aliphatic rings. The molecule has 0 aliphatic heterocycles. The van der Waals surface area contributed by atoms with E-state index in [1.165, 1.54) is 0 Å². The maximum atomic E-state index is 10.2. The van der Waals surface area contributed by atoms with Crippen molar-refractivity contribution in [2.45, 2.75) is 19.3 Å². The third-order valence-corrected chi connectivity index (χ3v) is 3.53. The van der Waals surface area contributed by atoms with E-state index in [0.29, 0.717) is 5.56 Å². The van der Waals surface area contributed by atoms with Crippen molar-refractivity contribution < 1.29 is 9.52 Å². The molecule has 0 saturated heterocycles. The van der Waals surface area contributed by atoms with E-state index in [1.54, 1.807) is 6.07 Å². The van der Waals surface area contributed by atoms with Crippen molar-refractivity contribution in [1.29, 1.82) is 0 Å². The van der Waals surface area contributed by atoms with Gasteiger partial charge in [0.15, 0.2) is 0 Å². The molecule has 3 aromatic rings. The molecule has 1 aromatic heterocycles. The van der Waals surface area contributed by atoms with Crippen LogP contribution in [0.15, 0.2) is 40.8 Å². The second-order valence-electron chi connectivity index (χ2n) is 5.23. The van der Waals surface area contributed by atoms with E-state index in [1.807, 2.05) is 44.2 Å². The molecule has 94 valence electrons. The average molecular weight is 250 g/mol. The van der Waals surface area contributed by atoms with Crippen LogP contribution in [0.1, 0.15) is 19.4 Å². The largest absolute Gasteiger partial charge is 0.508 e. The normalized spacial score (nSPS) is 11.8. The lowest BCUT2D eigenvalue weighted by Crippen LogP contribution is -2.13. The highest BCUT2D eigenvalue weighted by Gasteiger charge is 2.23. The van der Waals surface area contributed by atoms with Gasteiger partial charge < -0.3 is 9.52 Å². The molecule has 0 bridgehead atoms. The third-order valence-electron chi connectivity index (χ3n) is 3.53. The molecule has 1 N–H and O–H groups in total. The van der Waals surface area contributed by atoms with Gasteiger partial charge >= 0.3 is 0 Å². The van der Waals surface area contributed by atoms with Crippen LogP contribution in [0.25, 0.3) is 21.9 Å². The van der Waals surface area contributed by atoms with Gasteiger partial charge in [0.05, 0.1) is 5.41 Å². The Hall–Kier alpha value is -2.40. The number of phenolic OH excluding ortho intramolecular Hbond substituents is 1. The molecule has 19 heavy (non-hydrogen) atoms. The van der Waals surface area contributed by atoms with Gasteiger partial charge in [-0.2, -0.15) is 0 Å². The van der Waals surface area contributed by atoms with Crippen LogP contribution in [0.5, 0.6) is 5.75 Å². The number of aromatic hydroxyl groups is 1. The SMILES string of the molecule is C#CC(C)(C)c1cc2oc3ccccc3c2cc1O. The van der Waals surface area contributed by atoms with Crippen LogP contribution < -0.4 is 0 Å². The van der Waals surface area contributed by atoms with Crippen LogP contribution in [0.4, 0.5) is 0 Å². The predicted octanol–water partition coefficient (Wildman–Crippen LogP) is 4.20. The lowest BCUT2D eigenvalue weighted by Gasteiger charge is -2.19. The van der Waals surface area contributed by atoms with Gasteiger partial charge in [0.1, 0.15) is 16.9 Å². The number of rotatable bonds is 1. The average Bonchev–Trinajstić information content (AvgIpc) is 2.75. The van der Waals surface area contributed by atoms with Gasteiger partial charge in [-0.25, -0.2) is 0 Å². The number of hydrogen-bond donors (Lipinski definition) is 1. The van der Waals surface area contributed by atoms with Crippen LogP contribution in [0.3, 0.4) is 0 Å². The highest BCUT2D eigenvalue weighted by Crippen LogP contribution is 2.37. The van der Waals surface area contributed by atoms with Gasteiger partial charge in [0.2, 0.25) is 0 Å². The number of para-hydroxylation sites is 1. The Morgan fingerprint density at radius 2 is 1.84 bits per heavy atom. The molecule has 0 radical (unpaired) electrons. The van der Waals surface area contributed by atoms with Crippen LogP contribution >= 0.6 is 0 Å². The van der Waals surface area contributed by atoms with Gasteiger partial charge in [-0.3, -0.25) is 0 Å². The van der Waals surface area contributed by atoms with Crippen molar-refractivity contribution >= 4 is 21.9 Å². The van der Waals surface area contributed by atoms with Gasteiger partial charge in [-0.05, 0) is 32.0 Å². The molecule has 2 nitrogen and oxygen atoms in total. The van der Waals surface area contributed by atoms with Gasteiger partial charge in [0.25, 0.3) is 0 Å². The number of hydrogen-bond acceptors (Lipinski definition) is 2. The second-order valence-corrected chi connectivity index (χ2v) is 5.23. The van der Waals surface area contributed by atoms with Crippen molar-refractivity contribution in [3.05, 3.63) is 42.0 Å². The first-order valence-electron chi connectivity index (χ1n) is 6.15. The van der Waals surface area contributed by atoms with Gasteiger partial charge in [0, 0.05) is 16.3 Å². The summed E-state index contributed by atoms with van der Waals surface area (Å²) in [6.07, 6.45) is 5.53. The Morgan fingerprint density at radius 1 is 1.11 bits per heavy atom. The zero-order chi connectivity index (χ0) is 13.6. The number of fused-ring (bicyclic) bond motifs is 3.